The van der Waals surface area contributed by atoms with Crippen molar-refractivity contribution in [3.63, 3.8) is 0 Å². The molecule has 8 heteroatoms. The van der Waals surface area contributed by atoms with Crippen LogP contribution in [0.5, 0.6) is 0 Å². The van der Waals surface area contributed by atoms with Gasteiger partial charge in [-0.2, -0.15) is 0 Å². The lowest BCUT2D eigenvalue weighted by molar-refractivity contribution is -0.130. The van der Waals surface area contributed by atoms with Crippen LogP contribution in [0, 0.1) is 0 Å². The lowest BCUT2D eigenvalue weighted by atomic mass is 10.0. The third-order valence-electron chi connectivity index (χ3n) is 6.00. The van der Waals surface area contributed by atoms with Crippen LogP contribution < -0.4 is 10.6 Å². The molecule has 1 aromatic rings. The molecule has 1 atom stereocenters. The Kier molecular flexibility index (Phi) is 6.67. The van der Waals surface area contributed by atoms with E-state index >= 15 is 0 Å². The summed E-state index contributed by atoms with van der Waals surface area (Å²) in [6, 6.07) is 1.99. The number of allylic oxidation sites excluding steroid dienone is 1. The molecule has 0 radical (unpaired) electrons. The second kappa shape index (κ2) is 9.62. The summed E-state index contributed by atoms with van der Waals surface area (Å²) in [7, 11) is 0. The molecule has 4 rings (SSSR count). The smallest absolute Gasteiger partial charge is 0.255 e. The zero-order chi connectivity index (χ0) is 21.8. The Labute approximate surface area is 183 Å². The van der Waals surface area contributed by atoms with E-state index in [4.69, 9.17) is 10.5 Å². The van der Waals surface area contributed by atoms with Crippen molar-refractivity contribution in [2.45, 2.75) is 45.2 Å². The molecule has 3 aliphatic heterocycles. The summed E-state index contributed by atoms with van der Waals surface area (Å²) in [6.07, 6.45) is 11.0. The number of anilines is 1. The molecule has 1 aromatic heterocycles. The summed E-state index contributed by atoms with van der Waals surface area (Å²) < 4.78 is 5.27. The molecule has 0 aromatic carbocycles. The first-order chi connectivity index (χ1) is 15.1. The van der Waals surface area contributed by atoms with Crippen molar-refractivity contribution in [3.8, 4) is 0 Å². The van der Waals surface area contributed by atoms with E-state index in [9.17, 15) is 9.59 Å². The third kappa shape index (κ3) is 4.65. The summed E-state index contributed by atoms with van der Waals surface area (Å²) >= 11 is 0. The summed E-state index contributed by atoms with van der Waals surface area (Å²) in [6.45, 7) is 5.37. The number of fused-ring (bicyclic) bond motifs is 1. The van der Waals surface area contributed by atoms with E-state index in [-0.39, 0.29) is 11.8 Å². The van der Waals surface area contributed by atoms with Gasteiger partial charge in [0.1, 0.15) is 12.0 Å². The molecule has 1 saturated heterocycles. The highest BCUT2D eigenvalue weighted by molar-refractivity contribution is 5.94. The number of carbonyl (C=O) groups is 2. The molecule has 1 fully saturated rings. The van der Waals surface area contributed by atoms with Crippen molar-refractivity contribution >= 4 is 17.6 Å². The highest BCUT2D eigenvalue weighted by atomic mass is 16.5. The van der Waals surface area contributed by atoms with Crippen LogP contribution in [0.25, 0.3) is 0 Å². The van der Waals surface area contributed by atoms with Gasteiger partial charge in [0.25, 0.3) is 5.91 Å². The van der Waals surface area contributed by atoms with Crippen LogP contribution in [0.2, 0.25) is 0 Å². The van der Waals surface area contributed by atoms with Gasteiger partial charge < -0.3 is 20.3 Å². The molecule has 4 heterocycles. The van der Waals surface area contributed by atoms with Gasteiger partial charge in [-0.15, -0.1) is 0 Å². The molecular weight excluding hydrogens is 394 g/mol. The van der Waals surface area contributed by atoms with Crippen molar-refractivity contribution < 1.29 is 14.3 Å². The van der Waals surface area contributed by atoms with Gasteiger partial charge in [0.15, 0.2) is 0 Å². The summed E-state index contributed by atoms with van der Waals surface area (Å²) in [5, 5.41) is 0. The molecule has 3 aliphatic rings. The second-order valence-corrected chi connectivity index (χ2v) is 8.11. The van der Waals surface area contributed by atoms with Crippen LogP contribution in [0.1, 0.15) is 48.5 Å². The van der Waals surface area contributed by atoms with E-state index < -0.39 is 6.17 Å². The van der Waals surface area contributed by atoms with Crippen molar-refractivity contribution in [1.29, 1.82) is 0 Å². The zero-order valence-electron chi connectivity index (χ0n) is 18.1. The maximum atomic E-state index is 12.7. The molecule has 0 saturated carbocycles. The van der Waals surface area contributed by atoms with Crippen LogP contribution >= 0.6 is 0 Å². The number of likely N-dealkylation sites (tertiary alicyclic amines) is 1. The van der Waals surface area contributed by atoms with E-state index in [1.54, 1.807) is 17.3 Å². The van der Waals surface area contributed by atoms with Gasteiger partial charge >= 0.3 is 0 Å². The highest BCUT2D eigenvalue weighted by Gasteiger charge is 2.27. The molecule has 1 unspecified atom stereocenters. The molecule has 0 spiro atoms. The first-order valence-electron chi connectivity index (χ1n) is 11.2. The van der Waals surface area contributed by atoms with Gasteiger partial charge in [-0.25, -0.2) is 4.98 Å². The van der Waals surface area contributed by atoms with Crippen LogP contribution in [-0.2, 0) is 16.0 Å². The first-order valence-corrected chi connectivity index (χ1v) is 11.2. The van der Waals surface area contributed by atoms with Gasteiger partial charge in [0, 0.05) is 44.3 Å². The average Bonchev–Trinajstić information content (AvgIpc) is 3.32. The fraction of sp³-hybridized carbons (Fsp3) is 0.522. The number of ether oxygens (including phenoxy) is 1. The monoisotopic (exact) mass is 425 g/mol. The summed E-state index contributed by atoms with van der Waals surface area (Å²) in [5.41, 5.74) is 8.94. The number of aromatic nitrogens is 1. The molecule has 0 aliphatic carbocycles. The highest BCUT2D eigenvalue weighted by Crippen LogP contribution is 2.31. The maximum Gasteiger partial charge on any atom is 0.255 e. The fourth-order valence-corrected chi connectivity index (χ4v) is 4.36. The van der Waals surface area contributed by atoms with E-state index in [0.29, 0.717) is 25.2 Å². The molecule has 166 valence electrons. The number of rotatable bonds is 6. The van der Waals surface area contributed by atoms with Crippen molar-refractivity contribution in [2.75, 3.05) is 37.7 Å². The van der Waals surface area contributed by atoms with Gasteiger partial charge in [0.05, 0.1) is 18.6 Å². The predicted octanol–water partition coefficient (Wildman–Crippen LogP) is 2.02. The largest absolute Gasteiger partial charge is 0.381 e. The molecule has 8 nitrogen and oxygen atoms in total. The number of nitrogens with two attached hydrogens (primary N) is 1. The van der Waals surface area contributed by atoms with Gasteiger partial charge in [0.2, 0.25) is 5.91 Å². The quantitative estimate of drug-likeness (QED) is 0.701. The van der Waals surface area contributed by atoms with E-state index in [2.05, 4.69) is 9.88 Å². The average molecular weight is 426 g/mol. The topological polar surface area (TPSA) is 92.0 Å². The maximum absolute atomic E-state index is 12.7. The Morgan fingerprint density at radius 1 is 1.23 bits per heavy atom. The van der Waals surface area contributed by atoms with Crippen molar-refractivity contribution in [1.82, 2.24) is 14.8 Å². The Balaban J connectivity index is 1.48. The van der Waals surface area contributed by atoms with Crippen LogP contribution in [-0.4, -0.2) is 65.6 Å². The minimum Gasteiger partial charge on any atom is -0.381 e. The Bertz CT molecular complexity index is 891. The molecule has 2 amide bonds. The van der Waals surface area contributed by atoms with Crippen molar-refractivity contribution in [3.05, 3.63) is 47.4 Å². The van der Waals surface area contributed by atoms with E-state index in [1.165, 1.54) is 0 Å². The van der Waals surface area contributed by atoms with Crippen molar-refractivity contribution in [2.24, 2.45) is 5.73 Å². The Hall–Kier alpha value is -2.71. The SMILES string of the molecule is CCOCCC(=O)N1C=CC(N2CCCc3cc(C(=O)N4CCCC4)cnc32)=CC1N. The lowest BCUT2D eigenvalue weighted by Crippen LogP contribution is -2.44. The van der Waals surface area contributed by atoms with E-state index in [1.807, 2.05) is 30.0 Å². The molecule has 0 bridgehead atoms. The summed E-state index contributed by atoms with van der Waals surface area (Å²) in [5.74, 6) is 0.878. The minimum absolute atomic E-state index is 0.0604. The van der Waals surface area contributed by atoms with E-state index in [0.717, 1.165) is 62.4 Å². The fourth-order valence-electron chi connectivity index (χ4n) is 4.36. The van der Waals surface area contributed by atoms with Gasteiger partial charge in [-0.05, 0) is 56.4 Å². The number of nitrogens with zero attached hydrogens (tertiary/aromatic N) is 4. The predicted molar refractivity (Wildman–Crippen MR) is 118 cm³/mol. The molecule has 31 heavy (non-hydrogen) atoms. The molecule has 2 N–H and O–H groups in total. The van der Waals surface area contributed by atoms with Gasteiger partial charge in [-0.1, -0.05) is 0 Å². The number of aryl methyl sites for hydroxylation is 1. The third-order valence-corrected chi connectivity index (χ3v) is 6.00. The number of pyridine rings is 1. The lowest BCUT2D eigenvalue weighted by Gasteiger charge is -2.35. The number of amides is 2. The Morgan fingerprint density at radius 3 is 2.77 bits per heavy atom. The standard InChI is InChI=1S/C23H31N5O3/c1-2-31-13-8-21(29)28-12-7-19(15-20(28)24)27-11-5-6-17-14-18(16-25-22(17)27)23(30)26-9-3-4-10-26/h7,12,14-16,20H,2-6,8-11,13,24H2,1H3. The second-order valence-electron chi connectivity index (χ2n) is 8.11. The summed E-state index contributed by atoms with van der Waals surface area (Å²) in [4.78, 5) is 35.4. The molecular formula is C23H31N5O3. The Morgan fingerprint density at radius 2 is 2.03 bits per heavy atom. The number of hydrogen-bond acceptors (Lipinski definition) is 6. The normalized spacial score (nSPS) is 20.6. The van der Waals surface area contributed by atoms with Crippen LogP contribution in [0.4, 0.5) is 5.82 Å². The zero-order valence-corrected chi connectivity index (χ0v) is 18.1. The van der Waals surface area contributed by atoms with Crippen LogP contribution in [0.3, 0.4) is 0 Å². The van der Waals surface area contributed by atoms with Gasteiger partial charge in [-0.3, -0.25) is 14.5 Å². The first kappa shape index (κ1) is 21.5. The van der Waals surface area contributed by atoms with Crippen LogP contribution in [0.15, 0.2) is 36.3 Å². The minimum atomic E-state index is -0.532. The number of hydrogen-bond donors (Lipinski definition) is 1. The number of carbonyl (C=O) groups excluding carboxylic acids is 2.